The van der Waals surface area contributed by atoms with Gasteiger partial charge in [0.15, 0.2) is 0 Å². The third-order valence-corrected chi connectivity index (χ3v) is 4.35. The van der Waals surface area contributed by atoms with Crippen LogP contribution < -0.4 is 5.32 Å². The Kier molecular flexibility index (Phi) is 6.50. The molecule has 0 saturated carbocycles. The Labute approximate surface area is 108 Å². The summed E-state index contributed by atoms with van der Waals surface area (Å²) in [5.41, 5.74) is 0.0811. The SMILES string of the molecule is CCCNC(CC(CC)CC)C1(C)CCCO1. The van der Waals surface area contributed by atoms with Crippen molar-refractivity contribution in [3.05, 3.63) is 0 Å². The Hall–Kier alpha value is -0.0800. The van der Waals surface area contributed by atoms with Crippen molar-refractivity contribution in [2.75, 3.05) is 13.2 Å². The van der Waals surface area contributed by atoms with Gasteiger partial charge in [0.05, 0.1) is 5.60 Å². The maximum Gasteiger partial charge on any atom is 0.0807 e. The van der Waals surface area contributed by atoms with Gasteiger partial charge in [-0.15, -0.1) is 0 Å². The third kappa shape index (κ3) is 4.26. The maximum atomic E-state index is 6.03. The van der Waals surface area contributed by atoms with Crippen LogP contribution in [0.15, 0.2) is 0 Å². The Morgan fingerprint density at radius 3 is 2.41 bits per heavy atom. The highest BCUT2D eigenvalue weighted by Crippen LogP contribution is 2.32. The number of nitrogens with one attached hydrogen (secondary N) is 1. The van der Waals surface area contributed by atoms with Crippen molar-refractivity contribution in [1.82, 2.24) is 5.32 Å². The molecule has 0 aromatic rings. The summed E-state index contributed by atoms with van der Waals surface area (Å²) in [6.07, 6.45) is 7.49. The maximum absolute atomic E-state index is 6.03. The normalized spacial score (nSPS) is 26.6. The van der Waals surface area contributed by atoms with E-state index in [-0.39, 0.29) is 5.60 Å². The summed E-state index contributed by atoms with van der Waals surface area (Å²) in [6, 6.07) is 0.537. The molecule has 1 aliphatic heterocycles. The molecule has 1 fully saturated rings. The monoisotopic (exact) mass is 241 g/mol. The lowest BCUT2D eigenvalue weighted by Gasteiger charge is -2.36. The Morgan fingerprint density at radius 1 is 1.24 bits per heavy atom. The van der Waals surface area contributed by atoms with Gasteiger partial charge >= 0.3 is 0 Å². The van der Waals surface area contributed by atoms with Gasteiger partial charge in [-0.25, -0.2) is 0 Å². The second-order valence-electron chi connectivity index (χ2n) is 5.69. The first kappa shape index (κ1) is 15.0. The van der Waals surface area contributed by atoms with E-state index in [0.29, 0.717) is 6.04 Å². The molecule has 1 rings (SSSR count). The van der Waals surface area contributed by atoms with Gasteiger partial charge in [0.2, 0.25) is 0 Å². The van der Waals surface area contributed by atoms with E-state index in [1.54, 1.807) is 0 Å². The zero-order valence-corrected chi connectivity index (χ0v) is 12.2. The van der Waals surface area contributed by atoms with E-state index in [0.717, 1.165) is 19.1 Å². The lowest BCUT2D eigenvalue weighted by atomic mass is 9.84. The summed E-state index contributed by atoms with van der Waals surface area (Å²) in [5, 5.41) is 3.73. The van der Waals surface area contributed by atoms with Crippen molar-refractivity contribution in [2.45, 2.75) is 77.9 Å². The topological polar surface area (TPSA) is 21.3 Å². The molecule has 2 heteroatoms. The molecular weight excluding hydrogens is 210 g/mol. The van der Waals surface area contributed by atoms with Gasteiger partial charge in [-0.1, -0.05) is 33.6 Å². The minimum absolute atomic E-state index is 0.0811. The molecule has 1 aliphatic rings. The fourth-order valence-electron chi connectivity index (χ4n) is 2.90. The van der Waals surface area contributed by atoms with Gasteiger partial charge in [0.25, 0.3) is 0 Å². The van der Waals surface area contributed by atoms with E-state index in [9.17, 15) is 0 Å². The molecule has 1 heterocycles. The molecule has 0 aromatic carbocycles. The molecule has 0 spiro atoms. The fraction of sp³-hybridized carbons (Fsp3) is 1.00. The van der Waals surface area contributed by atoms with E-state index in [1.807, 2.05) is 0 Å². The van der Waals surface area contributed by atoms with Crippen LogP contribution in [0.4, 0.5) is 0 Å². The second-order valence-corrected chi connectivity index (χ2v) is 5.69. The van der Waals surface area contributed by atoms with Gasteiger partial charge in [-0.3, -0.25) is 0 Å². The van der Waals surface area contributed by atoms with E-state index < -0.39 is 0 Å². The summed E-state index contributed by atoms with van der Waals surface area (Å²) >= 11 is 0. The first-order valence-corrected chi connectivity index (χ1v) is 7.53. The predicted octanol–water partition coefficient (Wildman–Crippen LogP) is 3.75. The summed E-state index contributed by atoms with van der Waals surface area (Å²) in [6.45, 7) is 11.2. The quantitative estimate of drug-likeness (QED) is 0.699. The van der Waals surface area contributed by atoms with E-state index in [2.05, 4.69) is 33.0 Å². The van der Waals surface area contributed by atoms with Crippen molar-refractivity contribution in [3.63, 3.8) is 0 Å². The van der Waals surface area contributed by atoms with Crippen LogP contribution in [0.1, 0.15) is 66.2 Å². The summed E-state index contributed by atoms with van der Waals surface area (Å²) in [5.74, 6) is 0.838. The first-order chi connectivity index (χ1) is 8.16. The average molecular weight is 241 g/mol. The van der Waals surface area contributed by atoms with Crippen LogP contribution in [0, 0.1) is 5.92 Å². The van der Waals surface area contributed by atoms with Gasteiger partial charge in [-0.05, 0) is 45.1 Å². The Balaban J connectivity index is 2.58. The third-order valence-electron chi connectivity index (χ3n) is 4.35. The second kappa shape index (κ2) is 7.38. The summed E-state index contributed by atoms with van der Waals surface area (Å²) in [7, 11) is 0. The fourth-order valence-corrected chi connectivity index (χ4v) is 2.90. The van der Waals surface area contributed by atoms with E-state index in [1.165, 1.54) is 38.5 Å². The smallest absolute Gasteiger partial charge is 0.0807 e. The highest BCUT2D eigenvalue weighted by atomic mass is 16.5. The van der Waals surface area contributed by atoms with Gasteiger partial charge < -0.3 is 10.1 Å². The minimum Gasteiger partial charge on any atom is -0.374 e. The average Bonchev–Trinajstić information content (AvgIpc) is 2.77. The minimum atomic E-state index is 0.0811. The van der Waals surface area contributed by atoms with Crippen LogP contribution in [0.5, 0.6) is 0 Å². The molecule has 0 aliphatic carbocycles. The van der Waals surface area contributed by atoms with Crippen LogP contribution in [-0.4, -0.2) is 24.8 Å². The molecule has 2 atom stereocenters. The molecule has 0 bridgehead atoms. The molecule has 0 amide bonds. The van der Waals surface area contributed by atoms with Gasteiger partial charge in [0.1, 0.15) is 0 Å². The molecule has 1 saturated heterocycles. The molecular formula is C15H31NO. The van der Waals surface area contributed by atoms with Gasteiger partial charge in [-0.2, -0.15) is 0 Å². The van der Waals surface area contributed by atoms with Crippen molar-refractivity contribution < 1.29 is 4.74 Å². The highest BCUT2D eigenvalue weighted by Gasteiger charge is 2.38. The van der Waals surface area contributed by atoms with Crippen molar-refractivity contribution in [3.8, 4) is 0 Å². The molecule has 2 unspecified atom stereocenters. The number of ether oxygens (including phenoxy) is 1. The van der Waals surface area contributed by atoms with Crippen LogP contribution in [0.2, 0.25) is 0 Å². The van der Waals surface area contributed by atoms with Crippen molar-refractivity contribution in [1.29, 1.82) is 0 Å². The highest BCUT2D eigenvalue weighted by molar-refractivity contribution is 4.93. The predicted molar refractivity (Wildman–Crippen MR) is 74.4 cm³/mol. The first-order valence-electron chi connectivity index (χ1n) is 7.53. The summed E-state index contributed by atoms with van der Waals surface area (Å²) < 4.78 is 6.03. The molecule has 1 N–H and O–H groups in total. The van der Waals surface area contributed by atoms with Crippen LogP contribution in [0.25, 0.3) is 0 Å². The zero-order valence-electron chi connectivity index (χ0n) is 12.2. The summed E-state index contributed by atoms with van der Waals surface area (Å²) in [4.78, 5) is 0. The Bertz CT molecular complexity index is 195. The van der Waals surface area contributed by atoms with E-state index in [4.69, 9.17) is 4.74 Å². The number of rotatable bonds is 8. The number of hydrogen-bond donors (Lipinski definition) is 1. The molecule has 0 aromatic heterocycles. The van der Waals surface area contributed by atoms with Crippen molar-refractivity contribution >= 4 is 0 Å². The van der Waals surface area contributed by atoms with Crippen LogP contribution >= 0.6 is 0 Å². The molecule has 17 heavy (non-hydrogen) atoms. The molecule has 102 valence electrons. The number of hydrogen-bond acceptors (Lipinski definition) is 2. The standard InChI is InChI=1S/C15H31NO/c1-5-10-16-14(12-13(6-2)7-3)15(4)9-8-11-17-15/h13-14,16H,5-12H2,1-4H3. The molecule has 2 nitrogen and oxygen atoms in total. The lowest BCUT2D eigenvalue weighted by Crippen LogP contribution is -2.49. The lowest BCUT2D eigenvalue weighted by molar-refractivity contribution is -0.0183. The zero-order chi connectivity index (χ0) is 12.7. The van der Waals surface area contributed by atoms with E-state index >= 15 is 0 Å². The van der Waals surface area contributed by atoms with Crippen molar-refractivity contribution in [2.24, 2.45) is 5.92 Å². The Morgan fingerprint density at radius 2 is 1.94 bits per heavy atom. The molecule has 0 radical (unpaired) electrons. The van der Waals surface area contributed by atoms with Crippen LogP contribution in [-0.2, 0) is 4.74 Å². The van der Waals surface area contributed by atoms with Gasteiger partial charge in [0, 0.05) is 12.6 Å². The largest absolute Gasteiger partial charge is 0.374 e. The van der Waals surface area contributed by atoms with Crippen LogP contribution in [0.3, 0.4) is 0 Å².